The van der Waals surface area contributed by atoms with Gasteiger partial charge in [-0.15, -0.1) is 0 Å². The van der Waals surface area contributed by atoms with E-state index in [1.165, 1.54) is 9.91 Å². The van der Waals surface area contributed by atoms with Crippen molar-refractivity contribution in [3.05, 3.63) is 108 Å². The Labute approximate surface area is 251 Å². The van der Waals surface area contributed by atoms with Gasteiger partial charge in [-0.05, 0) is 29.3 Å². The van der Waals surface area contributed by atoms with E-state index in [1.807, 2.05) is 60.7 Å². The number of likely N-dealkylation sites (N-methyl/N-ethyl adjacent to an activating group) is 1. The maximum absolute atomic E-state index is 13.4. The van der Waals surface area contributed by atoms with Crippen molar-refractivity contribution in [1.29, 1.82) is 0 Å². The number of hydrazone groups is 1. The summed E-state index contributed by atoms with van der Waals surface area (Å²) in [5.74, 6) is -1.53. The Bertz CT molecular complexity index is 1560. The lowest BCUT2D eigenvalue weighted by atomic mass is 9.82. The van der Waals surface area contributed by atoms with Crippen LogP contribution >= 0.6 is 0 Å². The summed E-state index contributed by atoms with van der Waals surface area (Å²) in [5, 5.41) is 27.4. The fourth-order valence-electron chi connectivity index (χ4n) is 5.62. The minimum absolute atomic E-state index is 0.0451. The van der Waals surface area contributed by atoms with Gasteiger partial charge in [0.2, 0.25) is 11.8 Å². The van der Waals surface area contributed by atoms with E-state index in [1.54, 1.807) is 49.2 Å². The van der Waals surface area contributed by atoms with Gasteiger partial charge in [0.25, 0.3) is 5.91 Å². The molecule has 5 rings (SSSR count). The lowest BCUT2D eigenvalue weighted by Gasteiger charge is -2.28. The van der Waals surface area contributed by atoms with Gasteiger partial charge in [0.1, 0.15) is 0 Å². The summed E-state index contributed by atoms with van der Waals surface area (Å²) >= 11 is 0. The highest BCUT2D eigenvalue weighted by atomic mass is 16.3. The Morgan fingerprint density at radius 2 is 1.74 bits per heavy atom. The number of carbonyl (C=O) groups is 3. The average molecular weight is 581 g/mol. The van der Waals surface area contributed by atoms with Gasteiger partial charge >= 0.3 is 0 Å². The van der Waals surface area contributed by atoms with Gasteiger partial charge in [-0.1, -0.05) is 79.7 Å². The third-order valence-electron chi connectivity index (χ3n) is 8.08. The zero-order chi connectivity index (χ0) is 30.6. The molecule has 0 aliphatic carbocycles. The maximum Gasteiger partial charge on any atom is 0.264 e. The van der Waals surface area contributed by atoms with Crippen LogP contribution in [0, 0.1) is 5.92 Å². The Balaban J connectivity index is 1.37. The molecule has 9 nitrogen and oxygen atoms in total. The molecule has 0 bridgehead atoms. The highest BCUT2D eigenvalue weighted by Gasteiger charge is 2.51. The van der Waals surface area contributed by atoms with E-state index in [2.05, 4.69) is 5.10 Å². The van der Waals surface area contributed by atoms with Crippen LogP contribution in [0.3, 0.4) is 0 Å². The van der Waals surface area contributed by atoms with Crippen molar-refractivity contribution in [2.24, 2.45) is 11.0 Å². The number of carbonyl (C=O) groups excluding carboxylic acids is 3. The Hall–Kier alpha value is -4.60. The molecule has 0 aromatic heterocycles. The largest absolute Gasteiger partial charge is 0.395 e. The summed E-state index contributed by atoms with van der Waals surface area (Å²) in [6, 6.07) is 24.3. The molecule has 2 N–H and O–H groups in total. The first-order chi connectivity index (χ1) is 20.7. The number of benzene rings is 3. The number of anilines is 2. The fourth-order valence-corrected chi connectivity index (χ4v) is 5.62. The average Bonchev–Trinajstić information content (AvgIpc) is 3.23. The topological polar surface area (TPSA) is 114 Å². The molecular weight excluding hydrogens is 544 g/mol. The van der Waals surface area contributed by atoms with Crippen LogP contribution in [-0.2, 0) is 26.5 Å². The molecule has 43 heavy (non-hydrogen) atoms. The van der Waals surface area contributed by atoms with Gasteiger partial charge in [-0.3, -0.25) is 14.4 Å². The molecule has 3 amide bonds. The van der Waals surface area contributed by atoms with Crippen molar-refractivity contribution in [1.82, 2.24) is 4.90 Å². The van der Waals surface area contributed by atoms with E-state index in [4.69, 9.17) is 0 Å². The van der Waals surface area contributed by atoms with Crippen LogP contribution in [0.5, 0.6) is 0 Å². The first-order valence-corrected chi connectivity index (χ1v) is 14.4. The molecule has 2 atom stereocenters. The van der Waals surface area contributed by atoms with Crippen LogP contribution in [0.2, 0.25) is 0 Å². The van der Waals surface area contributed by atoms with Crippen LogP contribution < -0.4 is 9.91 Å². The van der Waals surface area contributed by atoms with Crippen LogP contribution in [0.25, 0.3) is 0 Å². The third kappa shape index (κ3) is 6.00. The lowest BCUT2D eigenvalue weighted by molar-refractivity contribution is -0.139. The molecule has 2 aliphatic heterocycles. The number of fused-ring (bicyclic) bond motifs is 1. The summed E-state index contributed by atoms with van der Waals surface area (Å²) in [5.41, 5.74) is 2.15. The van der Waals surface area contributed by atoms with Gasteiger partial charge in [0, 0.05) is 50.9 Å². The predicted octanol–water partition coefficient (Wildman–Crippen LogP) is 3.99. The molecule has 9 heteroatoms. The number of hydrogen-bond acceptors (Lipinski definition) is 6. The number of amides is 3. The standard InChI is InChI=1S/C34H36N4O5/c1-24(10-9-15-31(40)37(20-21-39)23-25-11-5-3-6-12-25)34(43)28-22-27(16-18-30(28)36(2)33(34)42)38-32(41)19-17-29(35-38)26-13-7-4-8-14-26/h3-14,16,18,22,24,39,43H,15,17,19-21,23H2,1-2H3/b10-9+/t24-,34+/m0/s1. The van der Waals surface area contributed by atoms with Gasteiger partial charge in [-0.2, -0.15) is 5.10 Å². The van der Waals surface area contributed by atoms with E-state index < -0.39 is 17.4 Å². The monoisotopic (exact) mass is 580 g/mol. The SMILES string of the molecule is C[C@@H](/C=C/CC(=O)N(CCO)Cc1ccccc1)[C@]1(O)C(=O)N(C)c2ccc(N3N=C(c4ccccc4)CCC3=O)cc21. The number of aliphatic hydroxyl groups is 2. The first kappa shape index (κ1) is 29.9. The smallest absolute Gasteiger partial charge is 0.264 e. The highest BCUT2D eigenvalue weighted by Crippen LogP contribution is 2.46. The van der Waals surface area contributed by atoms with Gasteiger partial charge in [0.05, 0.1) is 23.7 Å². The zero-order valence-electron chi connectivity index (χ0n) is 24.4. The third-order valence-corrected chi connectivity index (χ3v) is 8.08. The summed E-state index contributed by atoms with van der Waals surface area (Å²) in [6.45, 7) is 2.14. The zero-order valence-corrected chi connectivity index (χ0v) is 24.4. The van der Waals surface area contributed by atoms with Crippen LogP contribution in [-0.4, -0.2) is 58.7 Å². The van der Waals surface area contributed by atoms with Crippen molar-refractivity contribution in [3.63, 3.8) is 0 Å². The normalized spacial score (nSPS) is 19.0. The molecular formula is C34H36N4O5. The quantitative estimate of drug-likeness (QED) is 0.352. The van der Waals surface area contributed by atoms with Crippen molar-refractivity contribution in [3.8, 4) is 0 Å². The predicted molar refractivity (Wildman–Crippen MR) is 165 cm³/mol. The number of nitrogens with zero attached hydrogens (tertiary/aromatic N) is 4. The summed E-state index contributed by atoms with van der Waals surface area (Å²) < 4.78 is 0. The molecule has 222 valence electrons. The second-order valence-corrected chi connectivity index (χ2v) is 10.9. The fraction of sp³-hybridized carbons (Fsp3) is 0.294. The van der Waals surface area contributed by atoms with Gasteiger partial charge < -0.3 is 20.0 Å². The molecule has 0 unspecified atom stereocenters. The van der Waals surface area contributed by atoms with Gasteiger partial charge in [0.15, 0.2) is 5.60 Å². The molecule has 3 aromatic carbocycles. The summed E-state index contributed by atoms with van der Waals surface area (Å²) in [4.78, 5) is 42.4. The summed E-state index contributed by atoms with van der Waals surface area (Å²) in [7, 11) is 1.60. The van der Waals surface area contributed by atoms with Crippen molar-refractivity contribution in [2.45, 2.75) is 38.3 Å². The van der Waals surface area contributed by atoms with Crippen LogP contribution in [0.15, 0.2) is 96.1 Å². The second kappa shape index (κ2) is 12.7. The van der Waals surface area contributed by atoms with Crippen LogP contribution in [0.1, 0.15) is 42.9 Å². The van der Waals surface area contributed by atoms with Crippen molar-refractivity contribution < 1.29 is 24.6 Å². The van der Waals surface area contributed by atoms with E-state index in [0.717, 1.165) is 16.8 Å². The molecule has 3 aromatic rings. The van der Waals surface area contributed by atoms with E-state index in [-0.39, 0.29) is 31.4 Å². The minimum Gasteiger partial charge on any atom is -0.395 e. The van der Waals surface area contributed by atoms with Crippen molar-refractivity contribution >= 4 is 34.8 Å². The molecule has 0 saturated carbocycles. The summed E-state index contributed by atoms with van der Waals surface area (Å²) in [6.07, 6.45) is 4.18. The van der Waals surface area contributed by atoms with E-state index in [9.17, 15) is 24.6 Å². The van der Waals surface area contributed by atoms with E-state index in [0.29, 0.717) is 36.3 Å². The molecule has 2 heterocycles. The molecule has 0 spiro atoms. The van der Waals surface area contributed by atoms with Gasteiger partial charge in [-0.25, -0.2) is 5.01 Å². The first-order valence-electron chi connectivity index (χ1n) is 14.4. The number of aliphatic hydroxyl groups excluding tert-OH is 1. The lowest BCUT2D eigenvalue weighted by Crippen LogP contribution is -2.43. The maximum atomic E-state index is 13.4. The molecule has 0 radical (unpaired) electrons. The number of rotatable bonds is 10. The number of hydrogen-bond donors (Lipinski definition) is 2. The van der Waals surface area contributed by atoms with E-state index >= 15 is 0 Å². The minimum atomic E-state index is -1.90. The second-order valence-electron chi connectivity index (χ2n) is 10.9. The highest BCUT2D eigenvalue weighted by molar-refractivity contribution is 6.10. The molecule has 0 saturated heterocycles. The molecule has 2 aliphatic rings. The van der Waals surface area contributed by atoms with Crippen molar-refractivity contribution in [2.75, 3.05) is 30.1 Å². The van der Waals surface area contributed by atoms with Crippen LogP contribution in [0.4, 0.5) is 11.4 Å². The Morgan fingerprint density at radius 1 is 1.05 bits per heavy atom. The Morgan fingerprint density at radius 3 is 2.44 bits per heavy atom. The molecule has 0 fully saturated rings. The Kier molecular flexibility index (Phi) is 8.84.